The van der Waals surface area contributed by atoms with Crippen LogP contribution in [0, 0.1) is 5.92 Å². The van der Waals surface area contributed by atoms with Crippen molar-refractivity contribution in [1.29, 1.82) is 0 Å². The van der Waals surface area contributed by atoms with Gasteiger partial charge in [0.15, 0.2) is 0 Å². The quantitative estimate of drug-likeness (QED) is 0.892. The van der Waals surface area contributed by atoms with Gasteiger partial charge < -0.3 is 10.0 Å². The topological polar surface area (TPSA) is 70.5 Å². The Balaban J connectivity index is 1.95. The maximum absolute atomic E-state index is 12.2. The molecule has 102 valence electrons. The van der Waals surface area contributed by atoms with Gasteiger partial charge in [-0.15, -0.1) is 0 Å². The number of carboxylic acid groups (broad SMARTS) is 1. The second-order valence-corrected chi connectivity index (χ2v) is 4.99. The van der Waals surface area contributed by atoms with E-state index in [1.807, 2.05) is 25.1 Å². The minimum Gasteiger partial charge on any atom is -0.481 e. The van der Waals surface area contributed by atoms with Crippen LogP contribution in [0.1, 0.15) is 25.5 Å². The van der Waals surface area contributed by atoms with E-state index < -0.39 is 5.97 Å². The van der Waals surface area contributed by atoms with Crippen molar-refractivity contribution >= 4 is 11.9 Å². The summed E-state index contributed by atoms with van der Waals surface area (Å²) in [6.45, 7) is 2.43. The fourth-order valence-electron chi connectivity index (χ4n) is 2.53. The van der Waals surface area contributed by atoms with E-state index in [1.165, 1.54) is 0 Å². The van der Waals surface area contributed by atoms with E-state index in [0.717, 1.165) is 5.69 Å². The van der Waals surface area contributed by atoms with Crippen molar-refractivity contribution in [2.45, 2.75) is 32.2 Å². The monoisotopic (exact) mass is 262 g/mol. The number of rotatable bonds is 3. The summed E-state index contributed by atoms with van der Waals surface area (Å²) in [7, 11) is 0. The average Bonchev–Trinajstić information content (AvgIpc) is 2.39. The first-order chi connectivity index (χ1) is 9.08. The average molecular weight is 262 g/mol. The number of pyridine rings is 1. The van der Waals surface area contributed by atoms with Crippen LogP contribution in [0.5, 0.6) is 0 Å². The molecule has 0 spiro atoms. The zero-order valence-corrected chi connectivity index (χ0v) is 11.0. The summed E-state index contributed by atoms with van der Waals surface area (Å²) in [6, 6.07) is 5.48. The largest absolute Gasteiger partial charge is 0.481 e. The molecule has 2 rings (SSSR count). The van der Waals surface area contributed by atoms with Crippen LogP contribution in [0.15, 0.2) is 24.4 Å². The summed E-state index contributed by atoms with van der Waals surface area (Å²) < 4.78 is 0. The van der Waals surface area contributed by atoms with E-state index in [2.05, 4.69) is 4.98 Å². The predicted molar refractivity (Wildman–Crippen MR) is 69.5 cm³/mol. The molecule has 0 saturated carbocycles. The summed E-state index contributed by atoms with van der Waals surface area (Å²) in [6.07, 6.45) is 3.02. The van der Waals surface area contributed by atoms with Crippen molar-refractivity contribution in [3.63, 3.8) is 0 Å². The second-order valence-electron chi connectivity index (χ2n) is 4.99. The van der Waals surface area contributed by atoms with Crippen molar-refractivity contribution in [2.75, 3.05) is 6.54 Å². The highest BCUT2D eigenvalue weighted by Gasteiger charge is 2.32. The molecule has 1 aromatic rings. The van der Waals surface area contributed by atoms with Crippen molar-refractivity contribution < 1.29 is 14.7 Å². The number of carbonyl (C=O) groups excluding carboxylic acids is 1. The Bertz CT molecular complexity index is 461. The van der Waals surface area contributed by atoms with Crippen molar-refractivity contribution in [1.82, 2.24) is 9.88 Å². The van der Waals surface area contributed by atoms with Crippen molar-refractivity contribution in [3.8, 4) is 0 Å². The Morgan fingerprint density at radius 3 is 2.84 bits per heavy atom. The molecule has 1 amide bonds. The van der Waals surface area contributed by atoms with Crippen LogP contribution in [0.2, 0.25) is 0 Å². The molecule has 2 heterocycles. The summed E-state index contributed by atoms with van der Waals surface area (Å²) in [5, 5.41) is 9.00. The Kier molecular flexibility index (Phi) is 4.14. The molecule has 1 aliphatic rings. The fourth-order valence-corrected chi connectivity index (χ4v) is 2.53. The molecule has 2 unspecified atom stereocenters. The maximum Gasteiger partial charge on any atom is 0.306 e. The molecule has 0 aromatic carbocycles. The number of hydrogen-bond donors (Lipinski definition) is 1. The van der Waals surface area contributed by atoms with Crippen LogP contribution in [-0.4, -0.2) is 39.5 Å². The third kappa shape index (κ3) is 3.30. The van der Waals surface area contributed by atoms with E-state index in [4.69, 9.17) is 5.11 Å². The second kappa shape index (κ2) is 5.82. The molecular formula is C14H18N2O3. The molecule has 19 heavy (non-hydrogen) atoms. The number of amides is 1. The smallest absolute Gasteiger partial charge is 0.306 e. The Morgan fingerprint density at radius 2 is 2.26 bits per heavy atom. The number of hydrogen-bond acceptors (Lipinski definition) is 3. The number of aliphatic carboxylic acids is 1. The number of carboxylic acids is 1. The number of likely N-dealkylation sites (tertiary alicyclic amines) is 1. The standard InChI is InChI=1S/C14H18N2O3/c1-10-8-11(14(18)19)5-7-16(10)13(17)9-12-4-2-3-6-15-12/h2-4,6,10-11H,5,7-9H2,1H3,(H,18,19). The van der Waals surface area contributed by atoms with Gasteiger partial charge in [-0.1, -0.05) is 6.07 Å². The third-order valence-electron chi connectivity index (χ3n) is 3.60. The Hall–Kier alpha value is -1.91. The third-order valence-corrected chi connectivity index (χ3v) is 3.60. The maximum atomic E-state index is 12.2. The van der Waals surface area contributed by atoms with Gasteiger partial charge >= 0.3 is 5.97 Å². The lowest BCUT2D eigenvalue weighted by atomic mass is 9.91. The van der Waals surface area contributed by atoms with E-state index in [-0.39, 0.29) is 24.3 Å². The lowest BCUT2D eigenvalue weighted by Gasteiger charge is -2.36. The number of piperidine rings is 1. The lowest BCUT2D eigenvalue weighted by molar-refractivity contribution is -0.147. The van der Waals surface area contributed by atoms with Gasteiger partial charge in [0, 0.05) is 24.5 Å². The highest BCUT2D eigenvalue weighted by atomic mass is 16.4. The molecule has 5 heteroatoms. The fraction of sp³-hybridized carbons (Fsp3) is 0.500. The highest BCUT2D eigenvalue weighted by molar-refractivity contribution is 5.79. The summed E-state index contributed by atoms with van der Waals surface area (Å²) >= 11 is 0. The molecule has 1 aliphatic heterocycles. The zero-order chi connectivity index (χ0) is 13.8. The van der Waals surface area contributed by atoms with Gasteiger partial charge in [0.2, 0.25) is 5.91 Å². The summed E-state index contributed by atoms with van der Waals surface area (Å²) in [5.74, 6) is -1.06. The van der Waals surface area contributed by atoms with Crippen molar-refractivity contribution in [3.05, 3.63) is 30.1 Å². The van der Waals surface area contributed by atoms with Crippen LogP contribution in [0.3, 0.4) is 0 Å². The van der Waals surface area contributed by atoms with Crippen LogP contribution >= 0.6 is 0 Å². The molecule has 1 fully saturated rings. The Labute approximate surface area is 112 Å². The van der Waals surface area contributed by atoms with Gasteiger partial charge in [-0.2, -0.15) is 0 Å². The van der Waals surface area contributed by atoms with E-state index in [0.29, 0.717) is 19.4 Å². The molecular weight excluding hydrogens is 244 g/mol. The normalized spacial score (nSPS) is 23.1. The van der Waals surface area contributed by atoms with Gasteiger partial charge in [-0.05, 0) is 31.9 Å². The van der Waals surface area contributed by atoms with Crippen LogP contribution in [0.25, 0.3) is 0 Å². The number of aromatic nitrogens is 1. The Morgan fingerprint density at radius 1 is 1.47 bits per heavy atom. The molecule has 0 radical (unpaired) electrons. The predicted octanol–water partition coefficient (Wildman–Crippen LogP) is 1.34. The first-order valence-corrected chi connectivity index (χ1v) is 6.50. The molecule has 1 saturated heterocycles. The van der Waals surface area contributed by atoms with Gasteiger partial charge in [-0.25, -0.2) is 0 Å². The molecule has 0 aliphatic carbocycles. The number of nitrogens with zero attached hydrogens (tertiary/aromatic N) is 2. The van der Waals surface area contributed by atoms with Gasteiger partial charge in [0.1, 0.15) is 0 Å². The van der Waals surface area contributed by atoms with Gasteiger partial charge in [0.25, 0.3) is 0 Å². The van der Waals surface area contributed by atoms with E-state index in [9.17, 15) is 9.59 Å². The first-order valence-electron chi connectivity index (χ1n) is 6.50. The molecule has 5 nitrogen and oxygen atoms in total. The number of carbonyl (C=O) groups is 2. The first kappa shape index (κ1) is 13.5. The summed E-state index contributed by atoms with van der Waals surface area (Å²) in [4.78, 5) is 29.1. The summed E-state index contributed by atoms with van der Waals surface area (Å²) in [5.41, 5.74) is 0.750. The molecule has 1 aromatic heterocycles. The SMILES string of the molecule is CC1CC(C(=O)O)CCN1C(=O)Cc1ccccn1. The lowest BCUT2D eigenvalue weighted by Crippen LogP contribution is -2.46. The molecule has 1 N–H and O–H groups in total. The van der Waals surface area contributed by atoms with Gasteiger partial charge in [-0.3, -0.25) is 14.6 Å². The minimum atomic E-state index is -0.760. The van der Waals surface area contributed by atoms with Gasteiger partial charge in [0.05, 0.1) is 12.3 Å². The van der Waals surface area contributed by atoms with E-state index in [1.54, 1.807) is 11.1 Å². The molecule has 0 bridgehead atoms. The van der Waals surface area contributed by atoms with Crippen LogP contribution in [-0.2, 0) is 16.0 Å². The van der Waals surface area contributed by atoms with Crippen molar-refractivity contribution in [2.24, 2.45) is 5.92 Å². The van der Waals surface area contributed by atoms with Crippen LogP contribution in [0.4, 0.5) is 0 Å². The van der Waals surface area contributed by atoms with Crippen LogP contribution < -0.4 is 0 Å². The molecule has 2 atom stereocenters. The highest BCUT2D eigenvalue weighted by Crippen LogP contribution is 2.23. The zero-order valence-electron chi connectivity index (χ0n) is 11.0. The minimum absolute atomic E-state index is 0.0222. The van der Waals surface area contributed by atoms with E-state index >= 15 is 0 Å².